The highest BCUT2D eigenvalue weighted by Gasteiger charge is 2.36. The van der Waals surface area contributed by atoms with Gasteiger partial charge >= 0.3 is 0 Å². The van der Waals surface area contributed by atoms with Gasteiger partial charge in [-0.05, 0) is 31.9 Å². The average molecular weight is 287 g/mol. The van der Waals surface area contributed by atoms with E-state index in [9.17, 15) is 9.18 Å². The number of nitrogens with zero attached hydrogens (tertiary/aromatic N) is 3. The van der Waals surface area contributed by atoms with Crippen LogP contribution in [0.2, 0.25) is 0 Å². The lowest BCUT2D eigenvalue weighted by Gasteiger charge is -2.30. The fraction of sp³-hybridized carbons (Fsp3) is 0.375. The molecule has 1 fully saturated rings. The van der Waals surface area contributed by atoms with E-state index < -0.39 is 0 Å². The van der Waals surface area contributed by atoms with Gasteiger partial charge in [0.2, 0.25) is 5.91 Å². The molecule has 1 saturated carbocycles. The second-order valence-corrected chi connectivity index (χ2v) is 5.43. The lowest BCUT2D eigenvalue weighted by atomic mass is 10.1. The molecule has 1 aromatic heterocycles. The Morgan fingerprint density at radius 3 is 2.81 bits per heavy atom. The van der Waals surface area contributed by atoms with Crippen molar-refractivity contribution in [2.24, 2.45) is 0 Å². The van der Waals surface area contributed by atoms with Crippen LogP contribution in [0.4, 0.5) is 4.39 Å². The molecule has 4 nitrogen and oxygen atoms in total. The first-order valence-corrected chi connectivity index (χ1v) is 7.20. The van der Waals surface area contributed by atoms with Gasteiger partial charge in [-0.1, -0.05) is 18.2 Å². The number of hydrogen-bond acceptors (Lipinski definition) is 2. The summed E-state index contributed by atoms with van der Waals surface area (Å²) >= 11 is 0. The lowest BCUT2D eigenvalue weighted by molar-refractivity contribution is -0.135. The van der Waals surface area contributed by atoms with E-state index in [1.807, 2.05) is 6.92 Å². The Balaban J connectivity index is 1.81. The highest BCUT2D eigenvalue weighted by molar-refractivity contribution is 5.77. The first kappa shape index (κ1) is 13.8. The number of carbonyl (C=O) groups excluding carboxylic acids is 1. The van der Waals surface area contributed by atoms with Crippen LogP contribution >= 0.6 is 0 Å². The number of aromatic nitrogens is 2. The Kier molecular flexibility index (Phi) is 3.73. The summed E-state index contributed by atoms with van der Waals surface area (Å²) in [4.78, 5) is 14.4. The minimum atomic E-state index is -0.262. The van der Waals surface area contributed by atoms with Crippen LogP contribution in [0, 0.1) is 5.82 Å². The number of benzene rings is 1. The number of halogens is 1. The van der Waals surface area contributed by atoms with Gasteiger partial charge in [0.1, 0.15) is 12.4 Å². The fourth-order valence-electron chi connectivity index (χ4n) is 2.67. The van der Waals surface area contributed by atoms with Crippen molar-refractivity contribution in [3.63, 3.8) is 0 Å². The average Bonchev–Trinajstić information content (AvgIpc) is 3.16. The summed E-state index contributed by atoms with van der Waals surface area (Å²) in [5, 5.41) is 4.06. The first-order valence-electron chi connectivity index (χ1n) is 7.20. The molecule has 0 N–H and O–H groups in total. The predicted molar refractivity (Wildman–Crippen MR) is 76.9 cm³/mol. The molecule has 1 aromatic carbocycles. The summed E-state index contributed by atoms with van der Waals surface area (Å²) in [5.41, 5.74) is 0.568. The smallest absolute Gasteiger partial charge is 0.245 e. The molecule has 1 amide bonds. The second-order valence-electron chi connectivity index (χ2n) is 5.43. The van der Waals surface area contributed by atoms with E-state index in [1.54, 1.807) is 46.2 Å². The van der Waals surface area contributed by atoms with Crippen LogP contribution in [-0.4, -0.2) is 26.6 Å². The summed E-state index contributed by atoms with van der Waals surface area (Å²) in [7, 11) is 0. The maximum Gasteiger partial charge on any atom is 0.245 e. The van der Waals surface area contributed by atoms with Crippen molar-refractivity contribution in [3.05, 3.63) is 54.1 Å². The Hall–Kier alpha value is -2.17. The third kappa shape index (κ3) is 2.96. The van der Waals surface area contributed by atoms with Crippen molar-refractivity contribution in [1.82, 2.24) is 14.7 Å². The Morgan fingerprint density at radius 1 is 1.43 bits per heavy atom. The van der Waals surface area contributed by atoms with E-state index in [0.29, 0.717) is 5.56 Å². The van der Waals surface area contributed by atoms with E-state index in [2.05, 4.69) is 5.10 Å². The van der Waals surface area contributed by atoms with Gasteiger partial charge in [-0.15, -0.1) is 0 Å². The molecule has 1 atom stereocenters. The summed E-state index contributed by atoms with van der Waals surface area (Å²) in [6.45, 7) is 2.08. The van der Waals surface area contributed by atoms with Crippen molar-refractivity contribution < 1.29 is 9.18 Å². The third-order valence-corrected chi connectivity index (χ3v) is 3.86. The molecule has 3 rings (SSSR count). The maximum atomic E-state index is 14.0. The number of hydrogen-bond donors (Lipinski definition) is 0. The summed E-state index contributed by atoms with van der Waals surface area (Å²) in [5.74, 6) is -0.278. The Bertz CT molecular complexity index is 622. The van der Waals surface area contributed by atoms with E-state index >= 15 is 0 Å². The van der Waals surface area contributed by atoms with Crippen LogP contribution in [0.5, 0.6) is 0 Å². The molecular weight excluding hydrogens is 269 g/mol. The van der Waals surface area contributed by atoms with Gasteiger partial charge in [0, 0.05) is 24.0 Å². The number of amides is 1. The quantitative estimate of drug-likeness (QED) is 0.848. The first-order chi connectivity index (χ1) is 10.2. The fourth-order valence-corrected chi connectivity index (χ4v) is 2.67. The highest BCUT2D eigenvalue weighted by Crippen LogP contribution is 2.35. The third-order valence-electron chi connectivity index (χ3n) is 3.86. The molecule has 0 spiro atoms. The molecule has 21 heavy (non-hydrogen) atoms. The van der Waals surface area contributed by atoms with Crippen molar-refractivity contribution in [3.8, 4) is 0 Å². The zero-order valence-corrected chi connectivity index (χ0v) is 11.9. The standard InChI is InChI=1S/C16H18FN3O/c1-12(14-5-2-3-6-15(14)17)20(13-7-8-13)16(21)11-19-10-4-9-18-19/h2-6,9-10,12-13H,7-8,11H2,1H3. The van der Waals surface area contributed by atoms with Gasteiger partial charge in [0.25, 0.3) is 0 Å². The van der Waals surface area contributed by atoms with Gasteiger partial charge in [-0.25, -0.2) is 4.39 Å². The van der Waals surface area contributed by atoms with Crippen LogP contribution < -0.4 is 0 Å². The van der Waals surface area contributed by atoms with Crippen molar-refractivity contribution in [2.75, 3.05) is 0 Å². The topological polar surface area (TPSA) is 38.1 Å². The zero-order chi connectivity index (χ0) is 14.8. The van der Waals surface area contributed by atoms with Crippen molar-refractivity contribution in [2.45, 2.75) is 38.4 Å². The molecule has 1 unspecified atom stereocenters. The monoisotopic (exact) mass is 287 g/mol. The molecule has 1 aliphatic rings. The minimum absolute atomic E-state index is 0.0167. The second kappa shape index (κ2) is 5.68. The van der Waals surface area contributed by atoms with Crippen LogP contribution in [-0.2, 0) is 11.3 Å². The molecule has 0 saturated heterocycles. The molecule has 110 valence electrons. The van der Waals surface area contributed by atoms with Gasteiger partial charge in [0.15, 0.2) is 0 Å². The molecular formula is C16H18FN3O. The highest BCUT2D eigenvalue weighted by atomic mass is 19.1. The molecule has 2 aromatic rings. The van der Waals surface area contributed by atoms with Crippen LogP contribution in [0.25, 0.3) is 0 Å². The van der Waals surface area contributed by atoms with E-state index in [1.165, 1.54) is 6.07 Å². The summed E-state index contributed by atoms with van der Waals surface area (Å²) in [6, 6.07) is 8.40. The molecule has 1 aliphatic carbocycles. The number of rotatable bonds is 5. The SMILES string of the molecule is CC(c1ccccc1F)N(C(=O)Cn1cccn1)C1CC1. The normalized spacial score (nSPS) is 15.7. The minimum Gasteiger partial charge on any atom is -0.331 e. The molecule has 0 aliphatic heterocycles. The van der Waals surface area contributed by atoms with Gasteiger partial charge in [-0.3, -0.25) is 9.48 Å². The van der Waals surface area contributed by atoms with Crippen LogP contribution in [0.15, 0.2) is 42.7 Å². The predicted octanol–water partition coefficient (Wildman–Crippen LogP) is 2.77. The van der Waals surface area contributed by atoms with Crippen molar-refractivity contribution >= 4 is 5.91 Å². The Morgan fingerprint density at radius 2 is 2.19 bits per heavy atom. The van der Waals surface area contributed by atoms with Gasteiger partial charge in [0.05, 0.1) is 6.04 Å². The summed E-state index contributed by atoms with van der Waals surface area (Å²) in [6.07, 6.45) is 5.39. The van der Waals surface area contributed by atoms with Crippen LogP contribution in [0.3, 0.4) is 0 Å². The van der Waals surface area contributed by atoms with Crippen molar-refractivity contribution in [1.29, 1.82) is 0 Å². The zero-order valence-electron chi connectivity index (χ0n) is 11.9. The van der Waals surface area contributed by atoms with Crippen LogP contribution in [0.1, 0.15) is 31.4 Å². The summed E-state index contributed by atoms with van der Waals surface area (Å²) < 4.78 is 15.6. The number of carbonyl (C=O) groups is 1. The lowest BCUT2D eigenvalue weighted by Crippen LogP contribution is -2.38. The van der Waals surface area contributed by atoms with E-state index in [4.69, 9.17) is 0 Å². The van der Waals surface area contributed by atoms with E-state index in [-0.39, 0.29) is 30.4 Å². The van der Waals surface area contributed by atoms with Gasteiger partial charge in [-0.2, -0.15) is 5.10 Å². The molecule has 5 heteroatoms. The molecule has 1 heterocycles. The van der Waals surface area contributed by atoms with Gasteiger partial charge < -0.3 is 4.90 Å². The maximum absolute atomic E-state index is 14.0. The largest absolute Gasteiger partial charge is 0.331 e. The van der Waals surface area contributed by atoms with E-state index in [0.717, 1.165) is 12.8 Å². The molecule has 0 radical (unpaired) electrons. The molecule has 0 bridgehead atoms. The Labute approximate surface area is 123 Å².